The summed E-state index contributed by atoms with van der Waals surface area (Å²) in [5, 5.41) is 15.9. The number of nitrogens with zero attached hydrogens (tertiary/aromatic N) is 3. The van der Waals surface area contributed by atoms with Crippen molar-refractivity contribution >= 4 is 0 Å². The quantitative estimate of drug-likeness (QED) is 0.187. The van der Waals surface area contributed by atoms with E-state index in [4.69, 9.17) is 10.5 Å². The summed E-state index contributed by atoms with van der Waals surface area (Å²) in [5.74, 6) is 7.17. The van der Waals surface area contributed by atoms with E-state index in [0.717, 1.165) is 55.3 Å². The summed E-state index contributed by atoms with van der Waals surface area (Å²) < 4.78 is 7.23. The molecule has 6 nitrogen and oxygen atoms in total. The molecule has 0 aromatic heterocycles. The zero-order chi connectivity index (χ0) is 45.7. The van der Waals surface area contributed by atoms with Crippen molar-refractivity contribution in [3.63, 3.8) is 0 Å². The Morgan fingerprint density at radius 2 is 1.60 bits per heavy atom. The molecule has 0 amide bonds. The number of likely N-dealkylation sites (tertiary alicyclic amines) is 1. The van der Waals surface area contributed by atoms with Crippen LogP contribution in [-0.4, -0.2) is 52.3 Å². The molecule has 0 spiro atoms. The van der Waals surface area contributed by atoms with Crippen LogP contribution in [0.1, 0.15) is 200 Å². The van der Waals surface area contributed by atoms with Crippen LogP contribution in [0.2, 0.25) is 0 Å². The van der Waals surface area contributed by atoms with E-state index < -0.39 is 0 Å². The topological polar surface area (TPSA) is 77.5 Å². The number of rotatable bonds is 8. The molecule has 8 fully saturated rings. The van der Waals surface area contributed by atoms with Gasteiger partial charge in [-0.25, -0.2) is 0 Å². The van der Waals surface area contributed by atoms with Crippen molar-refractivity contribution in [2.75, 3.05) is 0 Å². The predicted molar refractivity (Wildman–Crippen MR) is 274 cm³/mol. The molecule has 370 valence electrons. The second kappa shape index (κ2) is 18.5. The standard InChI is InChI=1S/C62H91N5O/c1-62(2)49-26-11-6-19-41(49)45-24-16-25-47(59(45)62)50(65-61(64)38-17-4-3-5-18-38)33-31-39-35-40(37-63)55(66-51-27-12-7-20-42(51)43-21-8-13-28-52(43)66)36-54(39)67-53-29-14-9-22-44(53)46-32-34-57-58(60(46)67)48-23-10-15-30-56(48)68-57/h3-4,19,33,36,38-40,42,44-49,51,53,55-61,65H,5-18,20-32,34-35,64H2,1-2H3/b50-33-. The molecule has 6 heteroatoms. The minimum absolute atomic E-state index is 0.0151. The van der Waals surface area contributed by atoms with Gasteiger partial charge in [0.1, 0.15) is 0 Å². The average Bonchev–Trinajstić information content (AvgIpc) is 4.10. The Labute approximate surface area is 412 Å². The highest BCUT2D eigenvalue weighted by molar-refractivity contribution is 5.35. The Morgan fingerprint density at radius 1 is 0.794 bits per heavy atom. The number of nitrogens with two attached hydrogens (primary N) is 1. The van der Waals surface area contributed by atoms with Gasteiger partial charge in [0, 0.05) is 58.9 Å². The van der Waals surface area contributed by atoms with Gasteiger partial charge in [0.15, 0.2) is 0 Å². The third-order valence-corrected chi connectivity index (χ3v) is 23.2. The first kappa shape index (κ1) is 45.4. The number of fused-ring (bicyclic) bond motifs is 12. The van der Waals surface area contributed by atoms with Crippen molar-refractivity contribution in [3.8, 4) is 6.07 Å². The van der Waals surface area contributed by atoms with Gasteiger partial charge < -0.3 is 25.6 Å². The van der Waals surface area contributed by atoms with E-state index in [1.54, 1.807) is 11.4 Å². The Kier molecular flexibility index (Phi) is 12.4. The molecule has 3 aliphatic heterocycles. The fourth-order valence-electron chi connectivity index (χ4n) is 20.6. The molecule has 13 aliphatic rings. The molecular formula is C62H91N5O. The zero-order valence-corrected chi connectivity index (χ0v) is 42.7. The van der Waals surface area contributed by atoms with Gasteiger partial charge in [0.25, 0.3) is 0 Å². The number of hydrogen-bond acceptors (Lipinski definition) is 6. The lowest BCUT2D eigenvalue weighted by molar-refractivity contribution is -0.0137. The smallest absolute Gasteiger partial charge is 0.0772 e. The maximum atomic E-state index is 11.6. The highest BCUT2D eigenvalue weighted by atomic mass is 16.5. The molecule has 0 radical (unpaired) electrons. The molecule has 2 saturated heterocycles. The van der Waals surface area contributed by atoms with Crippen LogP contribution < -0.4 is 11.1 Å². The normalized spacial score (nSPS) is 46.4. The molecule has 19 atom stereocenters. The van der Waals surface area contributed by atoms with Crippen molar-refractivity contribution in [3.05, 3.63) is 58.6 Å². The third kappa shape index (κ3) is 7.45. The summed E-state index contributed by atoms with van der Waals surface area (Å²) in [6.45, 7) is 5.33. The van der Waals surface area contributed by atoms with Crippen molar-refractivity contribution in [2.45, 2.75) is 243 Å². The van der Waals surface area contributed by atoms with E-state index in [1.807, 2.05) is 11.1 Å². The Balaban J connectivity index is 0.926. The number of nitriles is 1. The summed E-state index contributed by atoms with van der Waals surface area (Å²) in [7, 11) is 0. The molecule has 6 saturated carbocycles. The average molecular weight is 922 g/mol. The minimum atomic E-state index is -0.0286. The number of ether oxygens (including phenoxy) is 1. The predicted octanol–water partition coefficient (Wildman–Crippen LogP) is 13.6. The lowest BCUT2D eigenvalue weighted by Crippen LogP contribution is -2.53. The number of allylic oxidation sites excluding steroid dienone is 8. The highest BCUT2D eigenvalue weighted by Gasteiger charge is 2.62. The largest absolute Gasteiger partial charge is 0.374 e. The van der Waals surface area contributed by atoms with E-state index in [9.17, 15) is 5.26 Å². The molecule has 19 unspecified atom stereocenters. The molecule has 10 aliphatic carbocycles. The van der Waals surface area contributed by atoms with Crippen LogP contribution in [0.5, 0.6) is 0 Å². The monoisotopic (exact) mass is 922 g/mol. The first-order chi connectivity index (χ1) is 33.4. The van der Waals surface area contributed by atoms with E-state index in [1.165, 1.54) is 166 Å². The van der Waals surface area contributed by atoms with Gasteiger partial charge >= 0.3 is 0 Å². The first-order valence-electron chi connectivity index (χ1n) is 30.0. The molecule has 0 aromatic rings. The van der Waals surface area contributed by atoms with Crippen LogP contribution in [0.25, 0.3) is 0 Å². The van der Waals surface area contributed by atoms with Gasteiger partial charge in [-0.05, 0) is 200 Å². The molecule has 13 rings (SSSR count). The van der Waals surface area contributed by atoms with Crippen molar-refractivity contribution in [2.24, 2.45) is 82.2 Å². The van der Waals surface area contributed by atoms with Crippen LogP contribution in [0.15, 0.2) is 58.6 Å². The summed E-state index contributed by atoms with van der Waals surface area (Å²) in [6, 6.07) is 5.15. The summed E-state index contributed by atoms with van der Waals surface area (Å²) in [4.78, 5) is 6.24. The lowest BCUT2D eigenvalue weighted by Gasteiger charge is -2.50. The minimum Gasteiger partial charge on any atom is -0.374 e. The van der Waals surface area contributed by atoms with Crippen molar-refractivity contribution < 1.29 is 4.74 Å². The Morgan fingerprint density at radius 3 is 2.47 bits per heavy atom. The van der Waals surface area contributed by atoms with Crippen LogP contribution in [0, 0.1) is 87.8 Å². The Hall–Kier alpha value is -2.49. The Bertz CT molecular complexity index is 2090. The van der Waals surface area contributed by atoms with Crippen LogP contribution in [0.4, 0.5) is 0 Å². The third-order valence-electron chi connectivity index (χ3n) is 23.2. The maximum Gasteiger partial charge on any atom is 0.0772 e. The molecule has 0 bridgehead atoms. The van der Waals surface area contributed by atoms with E-state index in [2.05, 4.69) is 65.4 Å². The van der Waals surface area contributed by atoms with Crippen LogP contribution in [-0.2, 0) is 4.74 Å². The van der Waals surface area contributed by atoms with Crippen molar-refractivity contribution in [1.29, 1.82) is 5.26 Å². The van der Waals surface area contributed by atoms with Gasteiger partial charge in [-0.1, -0.05) is 88.7 Å². The van der Waals surface area contributed by atoms with E-state index in [-0.39, 0.29) is 23.5 Å². The lowest BCUT2D eigenvalue weighted by atomic mass is 9.62. The van der Waals surface area contributed by atoms with Crippen LogP contribution in [0.3, 0.4) is 0 Å². The number of nitrogens with one attached hydrogen (secondary N) is 1. The first-order valence-corrected chi connectivity index (χ1v) is 30.0. The van der Waals surface area contributed by atoms with Crippen molar-refractivity contribution in [1.82, 2.24) is 15.1 Å². The van der Waals surface area contributed by atoms with Gasteiger partial charge in [-0.2, -0.15) is 5.26 Å². The van der Waals surface area contributed by atoms with Gasteiger partial charge in [0.05, 0.1) is 36.4 Å². The number of hydrogen-bond donors (Lipinski definition) is 2. The molecule has 3 heterocycles. The van der Waals surface area contributed by atoms with Gasteiger partial charge in [0.2, 0.25) is 0 Å². The molecule has 68 heavy (non-hydrogen) atoms. The second-order valence-corrected chi connectivity index (χ2v) is 26.5. The molecule has 3 N–H and O–H groups in total. The fraction of sp³-hybridized carbons (Fsp3) is 0.823. The summed E-state index contributed by atoms with van der Waals surface area (Å²) in [5.41, 5.74) is 16.3. The van der Waals surface area contributed by atoms with E-state index >= 15 is 0 Å². The highest BCUT2D eigenvalue weighted by Crippen LogP contribution is 2.65. The summed E-state index contributed by atoms with van der Waals surface area (Å²) in [6.07, 6.45) is 51.7. The fourth-order valence-corrected chi connectivity index (χ4v) is 20.6. The van der Waals surface area contributed by atoms with Crippen LogP contribution >= 0.6 is 0 Å². The van der Waals surface area contributed by atoms with E-state index in [0.29, 0.717) is 65.8 Å². The zero-order valence-electron chi connectivity index (χ0n) is 42.7. The maximum absolute atomic E-state index is 11.6. The van der Waals surface area contributed by atoms with Gasteiger partial charge in [-0.15, -0.1) is 0 Å². The SMILES string of the molecule is CC1(C)C2CCCC=C2C2CCCC(/C(=C/CC3CC(C#N)C(N4C5=C(CCCC5)C5CCCCC54)C=C3N3C4CCCCC4C4CCC5OC6CCCCC6C5C43)NC(N)C3CC=CCC3)C21. The molecular weight excluding hydrogens is 831 g/mol. The molecule has 0 aromatic carbocycles. The second-order valence-electron chi connectivity index (χ2n) is 26.5. The van der Waals surface area contributed by atoms with Gasteiger partial charge in [-0.3, -0.25) is 0 Å². The summed E-state index contributed by atoms with van der Waals surface area (Å²) >= 11 is 0.